The smallest absolute Gasteiger partial charge is 0.410 e. The van der Waals surface area contributed by atoms with Gasteiger partial charge in [0, 0.05) is 35.4 Å². The summed E-state index contributed by atoms with van der Waals surface area (Å²) in [5.41, 5.74) is -0.285. The summed E-state index contributed by atoms with van der Waals surface area (Å²) in [5.74, 6) is 0.851. The largest absolute Gasteiger partial charge is 0.453 e. The van der Waals surface area contributed by atoms with E-state index >= 15 is 0 Å². The predicted molar refractivity (Wildman–Crippen MR) is 104 cm³/mol. The first-order valence-electron chi connectivity index (χ1n) is 8.86. The number of carbonyl (C=O) groups is 1. The van der Waals surface area contributed by atoms with Gasteiger partial charge in [-0.15, -0.1) is 10.2 Å². The van der Waals surface area contributed by atoms with E-state index in [1.54, 1.807) is 0 Å². The second kappa shape index (κ2) is 7.27. The van der Waals surface area contributed by atoms with Crippen LogP contribution in [0.25, 0.3) is 10.8 Å². The normalized spacial score (nSPS) is 16.0. The molecule has 1 fully saturated rings. The van der Waals surface area contributed by atoms with Crippen molar-refractivity contribution in [2.75, 3.05) is 25.1 Å². The monoisotopic (exact) mass is 376 g/mol. The van der Waals surface area contributed by atoms with E-state index < -0.39 is 0 Å². The van der Waals surface area contributed by atoms with Crippen molar-refractivity contribution in [3.63, 3.8) is 0 Å². The van der Waals surface area contributed by atoms with Gasteiger partial charge in [-0.1, -0.05) is 35.9 Å². The molecule has 6 nitrogen and oxygen atoms in total. The van der Waals surface area contributed by atoms with Crippen LogP contribution in [0, 0.1) is 0 Å². The first kappa shape index (κ1) is 18.7. The molecule has 1 aliphatic rings. The number of carbonyl (C=O) groups excluding carboxylic acids is 1. The van der Waals surface area contributed by atoms with E-state index in [0.717, 1.165) is 42.5 Å². The Balaban J connectivity index is 1.81. The number of aromatic nitrogens is 2. The number of anilines is 1. The molecule has 26 heavy (non-hydrogen) atoms. The molecule has 2 heterocycles. The van der Waals surface area contributed by atoms with Crippen molar-refractivity contribution in [1.29, 1.82) is 0 Å². The third-order valence-electron chi connectivity index (χ3n) is 4.85. The van der Waals surface area contributed by atoms with Crippen molar-refractivity contribution in [2.45, 2.75) is 45.2 Å². The minimum Gasteiger partial charge on any atom is -0.453 e. The van der Waals surface area contributed by atoms with Crippen molar-refractivity contribution in [3.8, 4) is 0 Å². The SMILES string of the molecule is COC(=O)N(C1CCN(c2nnc(Cl)c3ccccc23)CC1)C(C)(C)C. The van der Waals surface area contributed by atoms with Crippen LogP contribution in [0.5, 0.6) is 0 Å². The third-order valence-corrected chi connectivity index (χ3v) is 5.13. The molecule has 0 N–H and O–H groups in total. The van der Waals surface area contributed by atoms with E-state index in [0.29, 0.717) is 5.15 Å². The maximum atomic E-state index is 12.3. The van der Waals surface area contributed by atoms with Gasteiger partial charge in [-0.3, -0.25) is 0 Å². The van der Waals surface area contributed by atoms with E-state index in [-0.39, 0.29) is 17.7 Å². The second-order valence-electron chi connectivity index (χ2n) is 7.59. The lowest BCUT2D eigenvalue weighted by atomic mass is 9.96. The number of hydrogen-bond acceptors (Lipinski definition) is 5. The van der Waals surface area contributed by atoms with Crippen molar-refractivity contribution < 1.29 is 9.53 Å². The van der Waals surface area contributed by atoms with Gasteiger partial charge in [0.1, 0.15) is 0 Å². The Morgan fingerprint density at radius 1 is 1.19 bits per heavy atom. The summed E-state index contributed by atoms with van der Waals surface area (Å²) in [7, 11) is 1.44. The topological polar surface area (TPSA) is 58.6 Å². The summed E-state index contributed by atoms with van der Waals surface area (Å²) in [6.07, 6.45) is 1.43. The Hall–Kier alpha value is -2.08. The number of benzene rings is 1. The van der Waals surface area contributed by atoms with Gasteiger partial charge in [0.2, 0.25) is 0 Å². The highest BCUT2D eigenvalue weighted by Crippen LogP contribution is 2.32. The van der Waals surface area contributed by atoms with Gasteiger partial charge in [0.25, 0.3) is 0 Å². The molecule has 0 unspecified atom stereocenters. The number of piperidine rings is 1. The highest BCUT2D eigenvalue weighted by molar-refractivity contribution is 6.34. The molecule has 140 valence electrons. The van der Waals surface area contributed by atoms with Gasteiger partial charge in [-0.25, -0.2) is 4.79 Å². The average molecular weight is 377 g/mol. The summed E-state index contributed by atoms with van der Waals surface area (Å²) in [6, 6.07) is 8.05. The minimum absolute atomic E-state index is 0.144. The summed E-state index contributed by atoms with van der Waals surface area (Å²) in [6.45, 7) is 7.71. The molecule has 1 aromatic carbocycles. The van der Waals surface area contributed by atoms with Crippen LogP contribution in [0.4, 0.5) is 10.6 Å². The standard InChI is InChI=1S/C19H25ClN4O2/c1-19(2,3)24(18(25)26-4)13-9-11-23(12-10-13)17-15-8-6-5-7-14(15)16(20)21-22-17/h5-8,13H,9-12H2,1-4H3. The Morgan fingerprint density at radius 3 is 2.38 bits per heavy atom. The van der Waals surface area contributed by atoms with Gasteiger partial charge >= 0.3 is 6.09 Å². The van der Waals surface area contributed by atoms with E-state index in [2.05, 4.69) is 15.1 Å². The minimum atomic E-state index is -0.285. The van der Waals surface area contributed by atoms with Crippen LogP contribution < -0.4 is 4.90 Å². The molecule has 0 bridgehead atoms. The van der Waals surface area contributed by atoms with Crippen LogP contribution in [-0.2, 0) is 4.74 Å². The van der Waals surface area contributed by atoms with Crippen LogP contribution in [-0.4, -0.2) is 53.0 Å². The van der Waals surface area contributed by atoms with Crippen molar-refractivity contribution in [1.82, 2.24) is 15.1 Å². The van der Waals surface area contributed by atoms with Crippen LogP contribution in [0.2, 0.25) is 5.15 Å². The third kappa shape index (κ3) is 3.56. The Labute approximate surface area is 159 Å². The highest BCUT2D eigenvalue weighted by atomic mass is 35.5. The molecule has 2 aromatic rings. The van der Waals surface area contributed by atoms with Gasteiger partial charge in [0.05, 0.1) is 7.11 Å². The van der Waals surface area contributed by atoms with Crippen LogP contribution in [0.15, 0.2) is 24.3 Å². The quantitative estimate of drug-likeness (QED) is 0.789. The van der Waals surface area contributed by atoms with Crippen molar-refractivity contribution >= 4 is 34.3 Å². The molecule has 1 amide bonds. The molecule has 0 saturated carbocycles. The lowest BCUT2D eigenvalue weighted by molar-refractivity contribution is 0.0492. The first-order chi connectivity index (χ1) is 12.3. The number of hydrogen-bond donors (Lipinski definition) is 0. The molecule has 0 atom stereocenters. The first-order valence-corrected chi connectivity index (χ1v) is 9.24. The number of ether oxygens (including phenoxy) is 1. The predicted octanol–water partition coefficient (Wildman–Crippen LogP) is 4.12. The number of fused-ring (bicyclic) bond motifs is 1. The highest BCUT2D eigenvalue weighted by Gasteiger charge is 2.36. The molecule has 0 spiro atoms. The van der Waals surface area contributed by atoms with Gasteiger partial charge < -0.3 is 14.5 Å². The van der Waals surface area contributed by atoms with E-state index in [9.17, 15) is 4.79 Å². The van der Waals surface area contributed by atoms with Gasteiger partial charge in [0.15, 0.2) is 11.0 Å². The molecule has 7 heteroatoms. The molecule has 1 aromatic heterocycles. The molecular weight excluding hydrogens is 352 g/mol. The fourth-order valence-electron chi connectivity index (χ4n) is 3.70. The summed E-state index contributed by atoms with van der Waals surface area (Å²) < 4.78 is 5.01. The molecule has 0 aliphatic carbocycles. The Bertz CT molecular complexity index is 798. The zero-order chi connectivity index (χ0) is 18.9. The molecular formula is C19H25ClN4O2. The summed E-state index contributed by atoms with van der Waals surface area (Å²) in [4.78, 5) is 16.4. The molecule has 3 rings (SSSR count). The summed E-state index contributed by atoms with van der Waals surface area (Å²) in [5, 5.41) is 10.8. The lowest BCUT2D eigenvalue weighted by Crippen LogP contribution is -2.55. The molecule has 0 radical (unpaired) electrons. The van der Waals surface area contributed by atoms with E-state index in [1.165, 1.54) is 7.11 Å². The number of nitrogens with zero attached hydrogens (tertiary/aromatic N) is 4. The lowest BCUT2D eigenvalue weighted by Gasteiger charge is -2.44. The maximum absolute atomic E-state index is 12.3. The zero-order valence-electron chi connectivity index (χ0n) is 15.7. The van der Waals surface area contributed by atoms with Gasteiger partial charge in [-0.05, 0) is 33.6 Å². The van der Waals surface area contributed by atoms with Crippen LogP contribution in [0.1, 0.15) is 33.6 Å². The second-order valence-corrected chi connectivity index (χ2v) is 7.95. The zero-order valence-corrected chi connectivity index (χ0v) is 16.5. The number of amides is 1. The summed E-state index contributed by atoms with van der Waals surface area (Å²) >= 11 is 6.18. The number of methoxy groups -OCH3 is 1. The number of halogens is 1. The van der Waals surface area contributed by atoms with Crippen LogP contribution in [0.3, 0.4) is 0 Å². The molecule has 1 saturated heterocycles. The van der Waals surface area contributed by atoms with Crippen molar-refractivity contribution in [2.24, 2.45) is 0 Å². The van der Waals surface area contributed by atoms with Gasteiger partial charge in [-0.2, -0.15) is 0 Å². The maximum Gasteiger partial charge on any atom is 0.410 e. The fraction of sp³-hybridized carbons (Fsp3) is 0.526. The van der Waals surface area contributed by atoms with Crippen molar-refractivity contribution in [3.05, 3.63) is 29.4 Å². The Kier molecular flexibility index (Phi) is 5.23. The average Bonchev–Trinajstić information content (AvgIpc) is 2.62. The Morgan fingerprint density at radius 2 is 1.81 bits per heavy atom. The fourth-order valence-corrected chi connectivity index (χ4v) is 3.90. The van der Waals surface area contributed by atoms with E-state index in [4.69, 9.17) is 16.3 Å². The van der Waals surface area contributed by atoms with E-state index in [1.807, 2.05) is 49.9 Å². The number of rotatable bonds is 2. The molecule has 1 aliphatic heterocycles. The van der Waals surface area contributed by atoms with Crippen LogP contribution >= 0.6 is 11.6 Å².